The predicted octanol–water partition coefficient (Wildman–Crippen LogP) is -1.86. The molecule has 0 spiro atoms. The summed E-state index contributed by atoms with van der Waals surface area (Å²) in [5.41, 5.74) is 0. The molecule has 11 heavy (non-hydrogen) atoms. The Morgan fingerprint density at radius 1 is 1.27 bits per heavy atom. The highest BCUT2D eigenvalue weighted by Crippen LogP contribution is 1.82. The fourth-order valence-electron chi connectivity index (χ4n) is 0.283. The number of carboxylic acid groups (broad SMARTS) is 1. The van der Waals surface area contributed by atoms with Crippen molar-refractivity contribution in [2.24, 2.45) is 0 Å². The van der Waals surface area contributed by atoms with Crippen LogP contribution in [0.4, 0.5) is 0 Å². The number of carbonyl (C=O) groups excluding carboxylic acids is 1. The van der Waals surface area contributed by atoms with Crippen molar-refractivity contribution in [1.82, 2.24) is 0 Å². The van der Waals surface area contributed by atoms with Gasteiger partial charge >= 0.3 is 19.3 Å². The molecule has 0 aromatic heterocycles. The molecule has 0 radical (unpaired) electrons. The first-order chi connectivity index (χ1) is 5.02. The van der Waals surface area contributed by atoms with Gasteiger partial charge in [-0.05, 0) is 0 Å². The molecule has 0 aromatic carbocycles. The molecule has 0 fully saturated rings. The molecule has 0 atom stereocenters. The molecule has 60 valence electrons. The topological polar surface area (TPSA) is 104 Å². The van der Waals surface area contributed by atoms with Crippen LogP contribution in [0.3, 0.4) is 0 Å². The second-order valence-electron chi connectivity index (χ2n) is 1.43. The summed E-state index contributed by atoms with van der Waals surface area (Å²) >= 11 is 0. The highest BCUT2D eigenvalue weighted by molar-refractivity contribution is 6.36. The molecule has 0 aromatic rings. The molecule has 0 aliphatic carbocycles. The summed E-state index contributed by atoms with van der Waals surface area (Å²) in [7, 11) is -2.22. The van der Waals surface area contributed by atoms with E-state index in [4.69, 9.17) is 15.2 Å². The van der Waals surface area contributed by atoms with Crippen LogP contribution in [0.25, 0.3) is 0 Å². The third-order valence-corrected chi connectivity index (χ3v) is 0.584. The lowest BCUT2D eigenvalue weighted by molar-refractivity contribution is -0.134. The lowest BCUT2D eigenvalue weighted by atomic mass is 10.2. The summed E-state index contributed by atoms with van der Waals surface area (Å²) in [5, 5.41) is 24.0. The number of carboxylic acids is 1. The smallest absolute Gasteiger partial charge is 0.482 e. The second kappa shape index (κ2) is 4.48. The van der Waals surface area contributed by atoms with Crippen LogP contribution >= 0.6 is 0 Å². The first-order valence-corrected chi connectivity index (χ1v) is 2.50. The molecule has 0 heterocycles. The summed E-state index contributed by atoms with van der Waals surface area (Å²) in [6, 6.07) is 0. The first kappa shape index (κ1) is 9.66. The van der Waals surface area contributed by atoms with Gasteiger partial charge in [-0.25, -0.2) is 9.59 Å². The maximum atomic E-state index is 10.3. The number of carbonyl (C=O) groups is 2. The van der Waals surface area contributed by atoms with Gasteiger partial charge in [0.2, 0.25) is 0 Å². The van der Waals surface area contributed by atoms with E-state index in [1.807, 2.05) is 0 Å². The number of aliphatic carboxylic acids is 1. The Morgan fingerprint density at radius 2 is 1.82 bits per heavy atom. The van der Waals surface area contributed by atoms with E-state index in [0.717, 1.165) is 0 Å². The van der Waals surface area contributed by atoms with E-state index < -0.39 is 19.3 Å². The molecule has 0 aliphatic rings. The minimum atomic E-state index is -2.22. The van der Waals surface area contributed by atoms with E-state index >= 15 is 0 Å². The van der Waals surface area contributed by atoms with E-state index in [1.54, 1.807) is 0 Å². The van der Waals surface area contributed by atoms with E-state index in [9.17, 15) is 9.59 Å². The number of hydrogen-bond donors (Lipinski definition) is 3. The Labute approximate surface area is 61.9 Å². The molecular weight excluding hydrogens is 155 g/mol. The molecule has 0 saturated heterocycles. The Bertz CT molecular complexity index is 185. The van der Waals surface area contributed by atoms with Gasteiger partial charge in [0.25, 0.3) is 0 Å². The van der Waals surface area contributed by atoms with Gasteiger partial charge in [-0.3, -0.25) is 0 Å². The van der Waals surface area contributed by atoms with Crippen LogP contribution in [0.5, 0.6) is 0 Å². The van der Waals surface area contributed by atoms with E-state index in [0.29, 0.717) is 12.2 Å². The van der Waals surface area contributed by atoms with Crippen molar-refractivity contribution in [3.05, 3.63) is 12.2 Å². The van der Waals surface area contributed by atoms with Gasteiger partial charge in [-0.1, -0.05) is 0 Å². The Kier molecular flexibility index (Phi) is 3.93. The second-order valence-corrected chi connectivity index (χ2v) is 1.43. The van der Waals surface area contributed by atoms with Gasteiger partial charge in [0, 0.05) is 12.2 Å². The number of hydrogen-bond acceptors (Lipinski definition) is 5. The van der Waals surface area contributed by atoms with Crippen LogP contribution < -0.4 is 0 Å². The van der Waals surface area contributed by atoms with Crippen molar-refractivity contribution in [2.75, 3.05) is 0 Å². The molecule has 0 saturated carbocycles. The standard InChI is InChI=1S/C4H5BO6/c6-3(7)1-2-4(8)11-5(9)10/h1-2,9-10H,(H,6,7)/b2-1-. The molecule has 0 bridgehead atoms. The van der Waals surface area contributed by atoms with E-state index in [-0.39, 0.29) is 0 Å². The first-order valence-electron chi connectivity index (χ1n) is 2.50. The maximum absolute atomic E-state index is 10.3. The third kappa shape index (κ3) is 6.55. The molecule has 0 rings (SSSR count). The summed E-state index contributed by atoms with van der Waals surface area (Å²) in [6.45, 7) is 0. The molecule has 0 amide bonds. The van der Waals surface area contributed by atoms with Gasteiger partial charge < -0.3 is 19.8 Å². The highest BCUT2D eigenvalue weighted by Gasteiger charge is 2.13. The molecule has 3 N–H and O–H groups in total. The molecule has 6 nitrogen and oxygen atoms in total. The van der Waals surface area contributed by atoms with Crippen molar-refractivity contribution < 1.29 is 29.4 Å². The fourth-order valence-corrected chi connectivity index (χ4v) is 0.283. The van der Waals surface area contributed by atoms with Crippen LogP contribution in [0, 0.1) is 0 Å². The molecule has 0 unspecified atom stereocenters. The lowest BCUT2D eigenvalue weighted by Crippen LogP contribution is -2.20. The van der Waals surface area contributed by atoms with Gasteiger partial charge in [0.15, 0.2) is 0 Å². The molecule has 7 heteroatoms. The van der Waals surface area contributed by atoms with Crippen molar-refractivity contribution in [2.45, 2.75) is 0 Å². The maximum Gasteiger partial charge on any atom is 0.709 e. The van der Waals surface area contributed by atoms with Crippen LogP contribution in [-0.4, -0.2) is 34.4 Å². The average molecular weight is 160 g/mol. The summed E-state index contributed by atoms with van der Waals surface area (Å²) in [5.74, 6) is -2.46. The van der Waals surface area contributed by atoms with Crippen molar-refractivity contribution >= 4 is 19.3 Å². The molecular formula is C4H5BO6. The van der Waals surface area contributed by atoms with Crippen molar-refractivity contribution in [1.29, 1.82) is 0 Å². The van der Waals surface area contributed by atoms with Crippen LogP contribution in [-0.2, 0) is 14.2 Å². The van der Waals surface area contributed by atoms with Crippen molar-refractivity contribution in [3.63, 3.8) is 0 Å². The van der Waals surface area contributed by atoms with Crippen molar-refractivity contribution in [3.8, 4) is 0 Å². The SMILES string of the molecule is O=C(O)/C=C\C(=O)OB(O)O. The van der Waals surface area contributed by atoms with Crippen LogP contribution in [0.15, 0.2) is 12.2 Å². The zero-order valence-electron chi connectivity index (χ0n) is 5.30. The van der Waals surface area contributed by atoms with E-state index in [2.05, 4.69) is 4.65 Å². The van der Waals surface area contributed by atoms with Crippen LogP contribution in [0.1, 0.15) is 0 Å². The Morgan fingerprint density at radius 3 is 2.18 bits per heavy atom. The summed E-state index contributed by atoms with van der Waals surface area (Å²) in [4.78, 5) is 20.0. The monoisotopic (exact) mass is 160 g/mol. The minimum absolute atomic E-state index is 0.519. The average Bonchev–Trinajstić information content (AvgIpc) is 1.82. The van der Waals surface area contributed by atoms with E-state index in [1.165, 1.54) is 0 Å². The lowest BCUT2D eigenvalue weighted by Gasteiger charge is -1.95. The van der Waals surface area contributed by atoms with Gasteiger partial charge in [-0.2, -0.15) is 0 Å². The van der Waals surface area contributed by atoms with Crippen LogP contribution in [0.2, 0.25) is 0 Å². The third-order valence-electron chi connectivity index (χ3n) is 0.584. The summed E-state index contributed by atoms with van der Waals surface area (Å²) < 4.78 is 3.72. The molecule has 0 aliphatic heterocycles. The summed E-state index contributed by atoms with van der Waals surface area (Å²) in [6.07, 6.45) is 1.08. The Balaban J connectivity index is 3.78. The quantitative estimate of drug-likeness (QED) is 0.330. The predicted molar refractivity (Wildman–Crippen MR) is 33.1 cm³/mol. The number of rotatable bonds is 3. The van der Waals surface area contributed by atoms with Gasteiger partial charge in [0.05, 0.1) is 0 Å². The largest absolute Gasteiger partial charge is 0.709 e. The Hall–Kier alpha value is -1.34. The highest BCUT2D eigenvalue weighted by atomic mass is 16.6. The van der Waals surface area contributed by atoms with Gasteiger partial charge in [0.1, 0.15) is 0 Å². The zero-order valence-corrected chi connectivity index (χ0v) is 5.30. The normalized spacial score (nSPS) is 9.64. The fraction of sp³-hybridized carbons (Fsp3) is 0. The van der Waals surface area contributed by atoms with Gasteiger partial charge in [-0.15, -0.1) is 0 Å². The minimum Gasteiger partial charge on any atom is -0.482 e. The zero-order chi connectivity index (χ0) is 8.85.